The van der Waals surface area contributed by atoms with Gasteiger partial charge in [-0.3, -0.25) is 4.79 Å². The minimum absolute atomic E-state index is 0.113. The van der Waals surface area contributed by atoms with Crippen LogP contribution < -0.4 is 5.32 Å². The standard InChI is InChI=1S/C14H19N3O/c1-3-9-15-14(18)8-7-12-11(2)16-13-6-4-5-10-17(12)13/h4-6,10H,3,7-9H2,1-2H3,(H,15,18). The molecule has 0 saturated heterocycles. The smallest absolute Gasteiger partial charge is 0.220 e. The highest BCUT2D eigenvalue weighted by Gasteiger charge is 2.09. The number of aromatic nitrogens is 2. The fourth-order valence-corrected chi connectivity index (χ4v) is 2.05. The number of fused-ring (bicyclic) bond motifs is 1. The second-order valence-corrected chi connectivity index (χ2v) is 4.42. The summed E-state index contributed by atoms with van der Waals surface area (Å²) in [6, 6.07) is 5.93. The summed E-state index contributed by atoms with van der Waals surface area (Å²) in [5.41, 5.74) is 3.07. The number of pyridine rings is 1. The Labute approximate surface area is 107 Å². The number of aryl methyl sites for hydroxylation is 2. The predicted molar refractivity (Wildman–Crippen MR) is 71.6 cm³/mol. The Bertz CT molecular complexity index is 545. The predicted octanol–water partition coefficient (Wildman–Crippen LogP) is 2.10. The summed E-state index contributed by atoms with van der Waals surface area (Å²) in [6.07, 6.45) is 4.21. The minimum Gasteiger partial charge on any atom is -0.356 e. The third-order valence-corrected chi connectivity index (χ3v) is 2.99. The van der Waals surface area contributed by atoms with Gasteiger partial charge in [0, 0.05) is 24.9 Å². The summed E-state index contributed by atoms with van der Waals surface area (Å²) in [4.78, 5) is 16.1. The average molecular weight is 245 g/mol. The van der Waals surface area contributed by atoms with Crippen LogP contribution >= 0.6 is 0 Å². The average Bonchev–Trinajstić information content (AvgIpc) is 2.69. The Hall–Kier alpha value is -1.84. The quantitative estimate of drug-likeness (QED) is 0.877. The van der Waals surface area contributed by atoms with E-state index in [2.05, 4.69) is 21.6 Å². The van der Waals surface area contributed by atoms with Crippen molar-refractivity contribution in [1.29, 1.82) is 0 Å². The van der Waals surface area contributed by atoms with Crippen molar-refractivity contribution in [2.24, 2.45) is 0 Å². The first-order valence-electron chi connectivity index (χ1n) is 6.41. The van der Waals surface area contributed by atoms with Crippen molar-refractivity contribution >= 4 is 11.6 Å². The molecule has 0 aliphatic rings. The molecule has 1 N–H and O–H groups in total. The molecule has 0 spiro atoms. The maximum atomic E-state index is 11.6. The van der Waals surface area contributed by atoms with Gasteiger partial charge in [-0.1, -0.05) is 13.0 Å². The lowest BCUT2D eigenvalue weighted by atomic mass is 10.2. The third-order valence-electron chi connectivity index (χ3n) is 2.99. The molecule has 0 atom stereocenters. The van der Waals surface area contributed by atoms with Gasteiger partial charge in [-0.25, -0.2) is 4.98 Å². The Morgan fingerprint density at radius 2 is 2.28 bits per heavy atom. The molecule has 4 nitrogen and oxygen atoms in total. The normalized spacial score (nSPS) is 10.8. The van der Waals surface area contributed by atoms with Gasteiger partial charge in [-0.2, -0.15) is 0 Å². The van der Waals surface area contributed by atoms with Crippen LogP contribution in [-0.4, -0.2) is 21.8 Å². The molecule has 4 heteroatoms. The molecule has 2 heterocycles. The molecule has 2 aromatic heterocycles. The van der Waals surface area contributed by atoms with Crippen molar-refractivity contribution in [1.82, 2.24) is 14.7 Å². The van der Waals surface area contributed by atoms with Gasteiger partial charge in [-0.15, -0.1) is 0 Å². The molecule has 96 valence electrons. The van der Waals surface area contributed by atoms with Crippen molar-refractivity contribution < 1.29 is 4.79 Å². The first-order chi connectivity index (χ1) is 8.72. The molecule has 0 aliphatic heterocycles. The maximum absolute atomic E-state index is 11.6. The molecular weight excluding hydrogens is 226 g/mol. The second kappa shape index (κ2) is 5.67. The van der Waals surface area contributed by atoms with Crippen molar-refractivity contribution in [3.05, 3.63) is 35.8 Å². The van der Waals surface area contributed by atoms with Crippen molar-refractivity contribution in [2.45, 2.75) is 33.1 Å². The molecular formula is C14H19N3O. The largest absolute Gasteiger partial charge is 0.356 e. The molecule has 1 amide bonds. The molecule has 0 aliphatic carbocycles. The van der Waals surface area contributed by atoms with E-state index in [9.17, 15) is 4.79 Å². The number of hydrogen-bond acceptors (Lipinski definition) is 2. The zero-order valence-corrected chi connectivity index (χ0v) is 10.9. The number of nitrogens with one attached hydrogen (secondary N) is 1. The van der Waals surface area contributed by atoms with Crippen LogP contribution in [0.2, 0.25) is 0 Å². The van der Waals surface area contributed by atoms with Crippen LogP contribution in [0.25, 0.3) is 5.65 Å². The Balaban J connectivity index is 2.07. The van der Waals surface area contributed by atoms with Crippen LogP contribution in [0.3, 0.4) is 0 Å². The van der Waals surface area contributed by atoms with Gasteiger partial charge < -0.3 is 9.72 Å². The number of carbonyl (C=O) groups excluding carboxylic acids is 1. The summed E-state index contributed by atoms with van der Waals surface area (Å²) >= 11 is 0. The highest BCUT2D eigenvalue weighted by Crippen LogP contribution is 2.13. The Morgan fingerprint density at radius 3 is 3.06 bits per heavy atom. The van der Waals surface area contributed by atoms with E-state index in [1.54, 1.807) is 0 Å². The molecule has 0 fully saturated rings. The number of rotatable bonds is 5. The van der Waals surface area contributed by atoms with Gasteiger partial charge in [0.1, 0.15) is 5.65 Å². The molecule has 0 saturated carbocycles. The Morgan fingerprint density at radius 1 is 1.44 bits per heavy atom. The highest BCUT2D eigenvalue weighted by atomic mass is 16.1. The van der Waals surface area contributed by atoms with Gasteiger partial charge in [0.2, 0.25) is 5.91 Å². The van der Waals surface area contributed by atoms with E-state index >= 15 is 0 Å². The lowest BCUT2D eigenvalue weighted by Gasteiger charge is -2.04. The first-order valence-corrected chi connectivity index (χ1v) is 6.41. The fraction of sp³-hybridized carbons (Fsp3) is 0.429. The summed E-state index contributed by atoms with van der Waals surface area (Å²) in [7, 11) is 0. The summed E-state index contributed by atoms with van der Waals surface area (Å²) in [5.74, 6) is 0.113. The molecule has 0 aromatic carbocycles. The molecule has 0 radical (unpaired) electrons. The zero-order chi connectivity index (χ0) is 13.0. The molecule has 0 bridgehead atoms. The zero-order valence-electron chi connectivity index (χ0n) is 10.9. The van der Waals surface area contributed by atoms with Crippen LogP contribution in [0.1, 0.15) is 31.2 Å². The van der Waals surface area contributed by atoms with E-state index in [4.69, 9.17) is 0 Å². The monoisotopic (exact) mass is 245 g/mol. The van der Waals surface area contributed by atoms with Crippen molar-refractivity contribution in [3.8, 4) is 0 Å². The van der Waals surface area contributed by atoms with E-state index in [0.717, 1.165) is 36.4 Å². The van der Waals surface area contributed by atoms with Crippen LogP contribution in [0.5, 0.6) is 0 Å². The molecule has 2 rings (SSSR count). The second-order valence-electron chi connectivity index (χ2n) is 4.42. The lowest BCUT2D eigenvalue weighted by molar-refractivity contribution is -0.121. The van der Waals surface area contributed by atoms with Crippen LogP contribution in [0.15, 0.2) is 24.4 Å². The maximum Gasteiger partial charge on any atom is 0.220 e. The SMILES string of the molecule is CCCNC(=O)CCc1c(C)nc2ccccn12. The van der Waals surface area contributed by atoms with E-state index < -0.39 is 0 Å². The molecule has 18 heavy (non-hydrogen) atoms. The lowest BCUT2D eigenvalue weighted by Crippen LogP contribution is -2.24. The summed E-state index contributed by atoms with van der Waals surface area (Å²) in [6.45, 7) is 4.80. The van der Waals surface area contributed by atoms with Gasteiger partial charge in [0.15, 0.2) is 0 Å². The number of amides is 1. The topological polar surface area (TPSA) is 46.4 Å². The summed E-state index contributed by atoms with van der Waals surface area (Å²) in [5, 5.41) is 2.89. The third kappa shape index (κ3) is 2.70. The molecule has 0 unspecified atom stereocenters. The van der Waals surface area contributed by atoms with Crippen molar-refractivity contribution in [3.63, 3.8) is 0 Å². The molecule has 2 aromatic rings. The van der Waals surface area contributed by atoms with E-state index in [1.807, 2.05) is 31.3 Å². The van der Waals surface area contributed by atoms with Crippen LogP contribution in [0, 0.1) is 6.92 Å². The number of carbonyl (C=O) groups is 1. The number of nitrogens with zero attached hydrogens (tertiary/aromatic N) is 2. The number of imidazole rings is 1. The highest BCUT2D eigenvalue weighted by molar-refractivity contribution is 5.76. The van der Waals surface area contributed by atoms with E-state index in [1.165, 1.54) is 0 Å². The van der Waals surface area contributed by atoms with Gasteiger partial charge in [0.25, 0.3) is 0 Å². The minimum atomic E-state index is 0.113. The van der Waals surface area contributed by atoms with Crippen LogP contribution in [0.4, 0.5) is 0 Å². The van der Waals surface area contributed by atoms with Gasteiger partial charge >= 0.3 is 0 Å². The van der Waals surface area contributed by atoms with Gasteiger partial charge in [-0.05, 0) is 31.9 Å². The first kappa shape index (κ1) is 12.6. The van der Waals surface area contributed by atoms with Gasteiger partial charge in [0.05, 0.1) is 5.69 Å². The van der Waals surface area contributed by atoms with Crippen molar-refractivity contribution in [2.75, 3.05) is 6.54 Å². The summed E-state index contributed by atoms with van der Waals surface area (Å²) < 4.78 is 2.06. The number of hydrogen-bond donors (Lipinski definition) is 1. The van der Waals surface area contributed by atoms with E-state index in [-0.39, 0.29) is 5.91 Å². The van der Waals surface area contributed by atoms with E-state index in [0.29, 0.717) is 6.42 Å². The van der Waals surface area contributed by atoms with Crippen LogP contribution in [-0.2, 0) is 11.2 Å². The fourth-order valence-electron chi connectivity index (χ4n) is 2.05. The Kier molecular flexibility index (Phi) is 3.97.